The number of fused-ring (bicyclic) bond motifs is 1. The number of ether oxygens (including phenoxy) is 2. The Balaban J connectivity index is 1.81. The molecule has 0 aromatic heterocycles. The van der Waals surface area contributed by atoms with Gasteiger partial charge in [0.15, 0.2) is 17.3 Å². The van der Waals surface area contributed by atoms with Crippen molar-refractivity contribution in [2.24, 2.45) is 0 Å². The summed E-state index contributed by atoms with van der Waals surface area (Å²) in [5.41, 5.74) is 1.46. The number of rotatable bonds is 5. The Bertz CT molecular complexity index is 918. The van der Waals surface area contributed by atoms with Crippen LogP contribution < -0.4 is 14.2 Å². The van der Waals surface area contributed by atoms with Crippen molar-refractivity contribution in [3.63, 3.8) is 0 Å². The predicted octanol–water partition coefficient (Wildman–Crippen LogP) is 2.68. The summed E-state index contributed by atoms with van der Waals surface area (Å²) in [6.07, 6.45) is 4.11. The minimum atomic E-state index is -3.39. The van der Waals surface area contributed by atoms with Crippen molar-refractivity contribution in [1.29, 1.82) is 0 Å². The lowest BCUT2D eigenvalue weighted by Crippen LogP contribution is -2.10. The van der Waals surface area contributed by atoms with Gasteiger partial charge in [0, 0.05) is 16.8 Å². The topological polar surface area (TPSA) is 81.7 Å². The van der Waals surface area contributed by atoms with E-state index in [-0.39, 0.29) is 12.6 Å². The maximum Gasteiger partial charge on any atom is 0.231 e. The van der Waals surface area contributed by atoms with Crippen molar-refractivity contribution in [3.8, 4) is 11.5 Å². The van der Waals surface area contributed by atoms with Gasteiger partial charge < -0.3 is 9.47 Å². The first-order chi connectivity index (χ1) is 11.4. The highest BCUT2D eigenvalue weighted by atomic mass is 32.2. The third-order valence-electron chi connectivity index (χ3n) is 3.29. The van der Waals surface area contributed by atoms with E-state index in [1.165, 1.54) is 12.1 Å². The number of anilines is 1. The summed E-state index contributed by atoms with van der Waals surface area (Å²) in [5, 5.41) is 0. The van der Waals surface area contributed by atoms with Crippen LogP contribution in [0.5, 0.6) is 11.5 Å². The molecule has 2 aromatic rings. The van der Waals surface area contributed by atoms with E-state index < -0.39 is 10.0 Å². The highest BCUT2D eigenvalue weighted by Gasteiger charge is 2.15. The van der Waals surface area contributed by atoms with Crippen LogP contribution in [0.1, 0.15) is 15.9 Å². The zero-order valence-corrected chi connectivity index (χ0v) is 13.7. The average Bonchev–Trinajstić information content (AvgIpc) is 3.00. The van der Waals surface area contributed by atoms with Crippen molar-refractivity contribution in [2.45, 2.75) is 0 Å². The Labute approximate surface area is 139 Å². The van der Waals surface area contributed by atoms with E-state index in [9.17, 15) is 13.2 Å². The van der Waals surface area contributed by atoms with E-state index >= 15 is 0 Å². The van der Waals surface area contributed by atoms with E-state index in [0.29, 0.717) is 22.7 Å². The van der Waals surface area contributed by atoms with E-state index in [1.54, 1.807) is 30.3 Å². The number of nitrogens with one attached hydrogen (secondary N) is 1. The second kappa shape index (κ2) is 6.37. The van der Waals surface area contributed by atoms with E-state index in [2.05, 4.69) is 4.72 Å². The Kier molecular flexibility index (Phi) is 4.26. The molecule has 3 rings (SSSR count). The van der Waals surface area contributed by atoms with Crippen molar-refractivity contribution in [1.82, 2.24) is 0 Å². The largest absolute Gasteiger partial charge is 0.454 e. The molecule has 0 radical (unpaired) electrons. The van der Waals surface area contributed by atoms with Gasteiger partial charge in [-0.05, 0) is 30.4 Å². The molecule has 2 aromatic carbocycles. The standard InChI is InChI=1S/C17H15NO5S/c1-24(20,21)18-14-6-2-5-13(10-14)15(19)9-8-12-4-3-7-16-17(12)23-11-22-16/h2-10,18H,11H2,1H3. The summed E-state index contributed by atoms with van der Waals surface area (Å²) in [6, 6.07) is 11.7. The van der Waals surface area contributed by atoms with Gasteiger partial charge in [-0.1, -0.05) is 24.3 Å². The van der Waals surface area contributed by atoms with Crippen molar-refractivity contribution in [2.75, 3.05) is 17.8 Å². The molecule has 7 heteroatoms. The molecular formula is C17H15NO5S. The number of benzene rings is 2. The number of hydrogen-bond acceptors (Lipinski definition) is 5. The van der Waals surface area contributed by atoms with Crippen LogP contribution in [0.4, 0.5) is 5.69 Å². The lowest BCUT2D eigenvalue weighted by Gasteiger charge is -2.05. The van der Waals surface area contributed by atoms with Crippen LogP contribution in [0.2, 0.25) is 0 Å². The quantitative estimate of drug-likeness (QED) is 0.665. The number of para-hydroxylation sites is 1. The Morgan fingerprint density at radius 1 is 1.17 bits per heavy atom. The second-order valence-electron chi connectivity index (χ2n) is 5.23. The molecule has 24 heavy (non-hydrogen) atoms. The second-order valence-corrected chi connectivity index (χ2v) is 6.98. The highest BCUT2D eigenvalue weighted by molar-refractivity contribution is 7.92. The number of carbonyl (C=O) groups is 1. The van der Waals surface area contributed by atoms with Gasteiger partial charge >= 0.3 is 0 Å². The molecule has 1 aliphatic rings. The molecule has 124 valence electrons. The molecule has 1 N–H and O–H groups in total. The SMILES string of the molecule is CS(=O)(=O)Nc1cccc(C(=O)C=Cc2cccc3c2OCO3)c1. The van der Waals surface area contributed by atoms with Crippen LogP contribution >= 0.6 is 0 Å². The molecule has 0 aliphatic carbocycles. The van der Waals surface area contributed by atoms with E-state index in [1.807, 2.05) is 12.1 Å². The van der Waals surface area contributed by atoms with Crippen molar-refractivity contribution >= 4 is 27.6 Å². The van der Waals surface area contributed by atoms with Crippen molar-refractivity contribution in [3.05, 3.63) is 59.7 Å². The molecule has 0 unspecified atom stereocenters. The lowest BCUT2D eigenvalue weighted by molar-refractivity contribution is 0.104. The fourth-order valence-corrected chi connectivity index (χ4v) is 2.85. The van der Waals surface area contributed by atoms with Crippen LogP contribution in [-0.2, 0) is 10.0 Å². The molecule has 0 bridgehead atoms. The van der Waals surface area contributed by atoms with E-state index in [4.69, 9.17) is 9.47 Å². The third kappa shape index (κ3) is 3.75. The minimum absolute atomic E-state index is 0.160. The van der Waals surface area contributed by atoms with Gasteiger partial charge in [-0.15, -0.1) is 0 Å². The summed E-state index contributed by atoms with van der Waals surface area (Å²) in [6.45, 7) is 0.160. The number of carbonyl (C=O) groups excluding carboxylic acids is 1. The van der Waals surface area contributed by atoms with Gasteiger partial charge in [0.1, 0.15) is 0 Å². The summed E-state index contributed by atoms with van der Waals surface area (Å²) in [5.74, 6) is 1.00. The first-order valence-electron chi connectivity index (χ1n) is 7.11. The van der Waals surface area contributed by atoms with Gasteiger partial charge in [0.2, 0.25) is 16.8 Å². The molecule has 0 fully saturated rings. The Morgan fingerprint density at radius 3 is 2.75 bits per heavy atom. The maximum atomic E-state index is 12.3. The number of hydrogen-bond donors (Lipinski definition) is 1. The molecule has 0 saturated heterocycles. The third-order valence-corrected chi connectivity index (χ3v) is 3.90. The molecule has 6 nitrogen and oxygen atoms in total. The summed E-state index contributed by atoms with van der Waals surface area (Å²) >= 11 is 0. The fourth-order valence-electron chi connectivity index (χ4n) is 2.30. The van der Waals surface area contributed by atoms with Gasteiger partial charge in [-0.3, -0.25) is 9.52 Å². The van der Waals surface area contributed by atoms with Crippen molar-refractivity contribution < 1.29 is 22.7 Å². The van der Waals surface area contributed by atoms with Crippen LogP contribution in [0.15, 0.2) is 48.5 Å². The smallest absolute Gasteiger partial charge is 0.231 e. The van der Waals surface area contributed by atoms with Gasteiger partial charge in [-0.2, -0.15) is 0 Å². The lowest BCUT2D eigenvalue weighted by atomic mass is 10.1. The molecule has 1 heterocycles. The molecule has 0 saturated carbocycles. The van der Waals surface area contributed by atoms with Crippen LogP contribution in [-0.4, -0.2) is 27.2 Å². The fraction of sp³-hybridized carbons (Fsp3) is 0.118. The predicted molar refractivity (Wildman–Crippen MR) is 90.8 cm³/mol. The number of sulfonamides is 1. The van der Waals surface area contributed by atoms with Gasteiger partial charge in [0.05, 0.1) is 6.26 Å². The Hall–Kier alpha value is -2.80. The monoisotopic (exact) mass is 345 g/mol. The molecular weight excluding hydrogens is 330 g/mol. The Morgan fingerprint density at radius 2 is 1.96 bits per heavy atom. The van der Waals surface area contributed by atoms with E-state index in [0.717, 1.165) is 11.8 Å². The number of ketones is 1. The van der Waals surface area contributed by atoms with Crippen LogP contribution in [0.25, 0.3) is 6.08 Å². The molecule has 1 aliphatic heterocycles. The van der Waals surface area contributed by atoms with Gasteiger partial charge in [0.25, 0.3) is 0 Å². The molecule has 0 atom stereocenters. The summed E-state index contributed by atoms with van der Waals surface area (Å²) < 4.78 is 35.5. The van der Waals surface area contributed by atoms with Crippen LogP contribution in [0.3, 0.4) is 0 Å². The first kappa shape index (κ1) is 16.1. The maximum absolute atomic E-state index is 12.3. The first-order valence-corrected chi connectivity index (χ1v) is 9.00. The summed E-state index contributed by atoms with van der Waals surface area (Å²) in [4.78, 5) is 12.3. The average molecular weight is 345 g/mol. The minimum Gasteiger partial charge on any atom is -0.454 e. The van der Waals surface area contributed by atoms with Crippen LogP contribution in [0, 0.1) is 0 Å². The zero-order chi connectivity index (χ0) is 17.2. The van der Waals surface area contributed by atoms with Gasteiger partial charge in [-0.25, -0.2) is 8.42 Å². The zero-order valence-electron chi connectivity index (χ0n) is 12.9. The number of allylic oxidation sites excluding steroid dienone is 1. The highest BCUT2D eigenvalue weighted by Crippen LogP contribution is 2.35. The normalized spacial score (nSPS) is 13.2. The summed E-state index contributed by atoms with van der Waals surface area (Å²) in [7, 11) is -3.39. The molecule has 0 amide bonds. The molecule has 0 spiro atoms.